The monoisotopic (exact) mass is 328 g/mol. The van der Waals surface area contributed by atoms with Crippen molar-refractivity contribution in [1.82, 2.24) is 10.2 Å². The van der Waals surface area contributed by atoms with Gasteiger partial charge in [0.15, 0.2) is 0 Å². The zero-order chi connectivity index (χ0) is 14.0. The van der Waals surface area contributed by atoms with Crippen LogP contribution in [0.3, 0.4) is 0 Å². The predicted molar refractivity (Wildman–Crippen MR) is 72.1 cm³/mol. The number of imide groups is 1. The van der Waals surface area contributed by atoms with Crippen LogP contribution in [0.4, 0.5) is 9.18 Å². The Balaban J connectivity index is 1.90. The first-order valence-corrected chi connectivity index (χ1v) is 6.84. The van der Waals surface area contributed by atoms with Crippen LogP contribution in [0.5, 0.6) is 0 Å². The lowest BCUT2D eigenvalue weighted by molar-refractivity contribution is -0.127. The third kappa shape index (κ3) is 3.12. The Morgan fingerprint density at radius 1 is 1.42 bits per heavy atom. The van der Waals surface area contributed by atoms with E-state index in [2.05, 4.69) is 21.2 Å². The lowest BCUT2D eigenvalue weighted by atomic mass is 10.1. The van der Waals surface area contributed by atoms with E-state index in [0.717, 1.165) is 0 Å². The van der Waals surface area contributed by atoms with Gasteiger partial charge in [0.25, 0.3) is 5.91 Å². The molecule has 3 amide bonds. The average molecular weight is 329 g/mol. The van der Waals surface area contributed by atoms with Gasteiger partial charge in [0, 0.05) is 11.0 Å². The molecular weight excluding hydrogens is 315 g/mol. The van der Waals surface area contributed by atoms with E-state index >= 15 is 0 Å². The van der Waals surface area contributed by atoms with E-state index in [9.17, 15) is 14.0 Å². The molecule has 0 aliphatic carbocycles. The van der Waals surface area contributed by atoms with E-state index in [1.807, 2.05) is 0 Å². The number of benzene rings is 1. The number of hydrogen-bond acceptors (Lipinski definition) is 2. The van der Waals surface area contributed by atoms with Crippen molar-refractivity contribution < 1.29 is 14.0 Å². The van der Waals surface area contributed by atoms with Crippen molar-refractivity contribution in [2.24, 2.45) is 0 Å². The van der Waals surface area contributed by atoms with E-state index in [-0.39, 0.29) is 17.8 Å². The van der Waals surface area contributed by atoms with Crippen LogP contribution in [0.25, 0.3) is 0 Å². The molecule has 1 saturated heterocycles. The number of halogens is 2. The third-order valence-corrected chi connectivity index (χ3v) is 3.56. The highest BCUT2D eigenvalue weighted by atomic mass is 79.9. The Labute approximate surface area is 119 Å². The summed E-state index contributed by atoms with van der Waals surface area (Å²) in [4.78, 5) is 24.3. The minimum Gasteiger partial charge on any atom is -0.326 e. The van der Waals surface area contributed by atoms with Crippen molar-refractivity contribution in [3.05, 3.63) is 34.1 Å². The number of rotatable bonds is 4. The second kappa shape index (κ2) is 5.69. The summed E-state index contributed by atoms with van der Waals surface area (Å²) in [5, 5.41) is 2.54. The SMILES string of the molecule is C[C@@H]1NC(=O)N(CCCc2ccc(Br)cc2F)C1=O. The Kier molecular flexibility index (Phi) is 4.19. The molecule has 2 rings (SSSR count). The maximum absolute atomic E-state index is 13.6. The molecule has 1 fully saturated rings. The first kappa shape index (κ1) is 14.0. The topological polar surface area (TPSA) is 49.4 Å². The van der Waals surface area contributed by atoms with E-state index in [0.29, 0.717) is 29.4 Å². The molecular formula is C13H14BrFN2O2. The normalized spacial score (nSPS) is 18.9. The molecule has 1 aromatic carbocycles. The average Bonchev–Trinajstić information content (AvgIpc) is 2.58. The van der Waals surface area contributed by atoms with Crippen LogP contribution in [0, 0.1) is 5.82 Å². The fourth-order valence-corrected chi connectivity index (χ4v) is 2.36. The maximum Gasteiger partial charge on any atom is 0.324 e. The van der Waals surface area contributed by atoms with Gasteiger partial charge >= 0.3 is 6.03 Å². The van der Waals surface area contributed by atoms with Gasteiger partial charge in [-0.15, -0.1) is 0 Å². The lowest BCUT2D eigenvalue weighted by Crippen LogP contribution is -2.32. The molecule has 102 valence electrons. The number of urea groups is 1. The molecule has 4 nitrogen and oxygen atoms in total. The molecule has 19 heavy (non-hydrogen) atoms. The van der Waals surface area contributed by atoms with Gasteiger partial charge in [0.05, 0.1) is 0 Å². The van der Waals surface area contributed by atoms with E-state index < -0.39 is 6.04 Å². The predicted octanol–water partition coefficient (Wildman–Crippen LogP) is 2.46. The van der Waals surface area contributed by atoms with Gasteiger partial charge in [0.2, 0.25) is 0 Å². The van der Waals surface area contributed by atoms with Crippen LogP contribution in [0.2, 0.25) is 0 Å². The Hall–Kier alpha value is -1.43. The molecule has 0 unspecified atom stereocenters. The molecule has 1 aromatic rings. The summed E-state index contributed by atoms with van der Waals surface area (Å²) in [7, 11) is 0. The minimum atomic E-state index is -0.461. The summed E-state index contributed by atoms with van der Waals surface area (Å²) in [6, 6.07) is 4.05. The summed E-state index contributed by atoms with van der Waals surface area (Å²) in [5.41, 5.74) is 0.586. The molecule has 0 radical (unpaired) electrons. The fourth-order valence-electron chi connectivity index (χ4n) is 2.02. The summed E-state index contributed by atoms with van der Waals surface area (Å²) in [6.45, 7) is 1.96. The Bertz CT molecular complexity index is 521. The van der Waals surface area contributed by atoms with Gasteiger partial charge in [-0.1, -0.05) is 22.0 Å². The molecule has 0 saturated carbocycles. The van der Waals surface area contributed by atoms with Gasteiger partial charge in [0.1, 0.15) is 11.9 Å². The van der Waals surface area contributed by atoms with Gasteiger partial charge in [-0.05, 0) is 37.5 Å². The van der Waals surface area contributed by atoms with Crippen LogP contribution in [0.15, 0.2) is 22.7 Å². The lowest BCUT2D eigenvalue weighted by Gasteiger charge is -2.12. The van der Waals surface area contributed by atoms with Crippen LogP contribution in [-0.4, -0.2) is 29.4 Å². The number of hydrogen-bond donors (Lipinski definition) is 1. The second-order valence-electron chi connectivity index (χ2n) is 4.50. The highest BCUT2D eigenvalue weighted by molar-refractivity contribution is 9.10. The fraction of sp³-hybridized carbons (Fsp3) is 0.385. The molecule has 1 aliphatic rings. The largest absolute Gasteiger partial charge is 0.326 e. The zero-order valence-electron chi connectivity index (χ0n) is 10.5. The number of amides is 3. The number of aryl methyl sites for hydroxylation is 1. The molecule has 1 heterocycles. The number of carbonyl (C=O) groups is 2. The molecule has 0 spiro atoms. The standard InChI is InChI=1S/C13H14BrFN2O2/c1-8-12(18)17(13(19)16-8)6-2-3-9-4-5-10(14)7-11(9)15/h4-5,7-8H,2-3,6H2,1H3,(H,16,19)/t8-/m0/s1. The summed E-state index contributed by atoms with van der Waals surface area (Å²) >= 11 is 3.19. The summed E-state index contributed by atoms with van der Waals surface area (Å²) in [6.07, 6.45) is 1.04. The molecule has 0 aromatic heterocycles. The van der Waals surface area contributed by atoms with Gasteiger partial charge in [-0.25, -0.2) is 9.18 Å². The number of nitrogens with zero attached hydrogens (tertiary/aromatic N) is 1. The van der Waals surface area contributed by atoms with Crippen LogP contribution >= 0.6 is 15.9 Å². The van der Waals surface area contributed by atoms with Crippen LogP contribution in [-0.2, 0) is 11.2 Å². The molecule has 1 N–H and O–H groups in total. The van der Waals surface area contributed by atoms with Crippen LogP contribution in [0.1, 0.15) is 18.9 Å². The second-order valence-corrected chi connectivity index (χ2v) is 5.42. The van der Waals surface area contributed by atoms with Crippen molar-refractivity contribution in [2.75, 3.05) is 6.54 Å². The van der Waals surface area contributed by atoms with Crippen molar-refractivity contribution in [3.8, 4) is 0 Å². The van der Waals surface area contributed by atoms with Crippen molar-refractivity contribution in [1.29, 1.82) is 0 Å². The Morgan fingerprint density at radius 2 is 2.16 bits per heavy atom. The molecule has 6 heteroatoms. The Morgan fingerprint density at radius 3 is 2.74 bits per heavy atom. The van der Waals surface area contributed by atoms with E-state index in [4.69, 9.17) is 0 Å². The van der Waals surface area contributed by atoms with Gasteiger partial charge < -0.3 is 5.32 Å². The van der Waals surface area contributed by atoms with E-state index in [1.165, 1.54) is 11.0 Å². The quantitative estimate of drug-likeness (QED) is 0.863. The third-order valence-electron chi connectivity index (χ3n) is 3.06. The highest BCUT2D eigenvalue weighted by Crippen LogP contribution is 2.17. The van der Waals surface area contributed by atoms with Crippen LogP contribution < -0.4 is 5.32 Å². The first-order valence-electron chi connectivity index (χ1n) is 6.05. The number of nitrogens with one attached hydrogen (secondary N) is 1. The molecule has 1 aliphatic heterocycles. The molecule has 1 atom stereocenters. The van der Waals surface area contributed by atoms with Crippen molar-refractivity contribution >= 4 is 27.9 Å². The van der Waals surface area contributed by atoms with Gasteiger partial charge in [-0.2, -0.15) is 0 Å². The van der Waals surface area contributed by atoms with Crippen molar-refractivity contribution in [3.63, 3.8) is 0 Å². The van der Waals surface area contributed by atoms with E-state index in [1.54, 1.807) is 19.1 Å². The summed E-state index contributed by atoms with van der Waals surface area (Å²) in [5.74, 6) is -0.499. The number of carbonyl (C=O) groups excluding carboxylic acids is 2. The highest BCUT2D eigenvalue weighted by Gasteiger charge is 2.34. The smallest absolute Gasteiger partial charge is 0.324 e. The zero-order valence-corrected chi connectivity index (χ0v) is 12.0. The van der Waals surface area contributed by atoms with Gasteiger partial charge in [-0.3, -0.25) is 9.69 Å². The minimum absolute atomic E-state index is 0.221. The summed E-state index contributed by atoms with van der Waals surface area (Å²) < 4.78 is 14.3. The first-order chi connectivity index (χ1) is 8.99. The molecule has 0 bridgehead atoms. The maximum atomic E-state index is 13.6. The van der Waals surface area contributed by atoms with Crippen molar-refractivity contribution in [2.45, 2.75) is 25.8 Å².